The summed E-state index contributed by atoms with van der Waals surface area (Å²) in [6.07, 6.45) is 1.62. The molecule has 1 N–H and O–H groups in total. The topological polar surface area (TPSA) is 112 Å². The number of ether oxygens (including phenoxy) is 1. The fraction of sp³-hybridized carbons (Fsp3) is 0.150. The quantitative estimate of drug-likeness (QED) is 0.210. The molecule has 0 radical (unpaired) electrons. The number of rotatable bonds is 10. The molecule has 9 nitrogen and oxygen atoms in total. The van der Waals surface area contributed by atoms with Crippen molar-refractivity contribution in [3.63, 3.8) is 0 Å². The number of amides is 1. The summed E-state index contributed by atoms with van der Waals surface area (Å²) >= 11 is 1.06. The zero-order chi connectivity index (χ0) is 23.1. The lowest BCUT2D eigenvalue weighted by Crippen LogP contribution is -2.16. The smallest absolute Gasteiger partial charge is 0.295 e. The predicted molar refractivity (Wildman–Crippen MR) is 113 cm³/mol. The first-order valence-corrected chi connectivity index (χ1v) is 10.1. The molecule has 1 heterocycles. The number of nitrogens with zero attached hydrogens (tertiary/aromatic N) is 4. The molecule has 2 aromatic carbocycles. The van der Waals surface area contributed by atoms with E-state index in [0.29, 0.717) is 23.3 Å². The highest BCUT2D eigenvalue weighted by Gasteiger charge is 2.18. The fourth-order valence-corrected chi connectivity index (χ4v) is 3.37. The summed E-state index contributed by atoms with van der Waals surface area (Å²) in [6.45, 7) is 4.09. The maximum atomic E-state index is 13.2. The number of hydrogen-bond donors (Lipinski definition) is 1. The highest BCUT2D eigenvalue weighted by atomic mass is 32.2. The van der Waals surface area contributed by atoms with Crippen molar-refractivity contribution >= 4 is 29.0 Å². The van der Waals surface area contributed by atoms with Gasteiger partial charge in [0, 0.05) is 6.54 Å². The second-order valence-corrected chi connectivity index (χ2v) is 7.24. The summed E-state index contributed by atoms with van der Waals surface area (Å²) in [5.41, 5.74) is -0.652. The van der Waals surface area contributed by atoms with Crippen molar-refractivity contribution < 1.29 is 23.2 Å². The molecular weight excluding hydrogens is 444 g/mol. The van der Waals surface area contributed by atoms with Crippen LogP contribution >= 0.6 is 11.8 Å². The van der Waals surface area contributed by atoms with Crippen molar-refractivity contribution in [1.82, 2.24) is 14.8 Å². The van der Waals surface area contributed by atoms with Gasteiger partial charge in [0.05, 0.1) is 16.7 Å². The van der Waals surface area contributed by atoms with Crippen LogP contribution in [0.3, 0.4) is 0 Å². The number of carbonyl (C=O) groups excluding carboxylic acids is 1. The Bertz CT molecular complexity index is 1140. The van der Waals surface area contributed by atoms with Gasteiger partial charge in [-0.2, -0.15) is 0 Å². The first kappa shape index (κ1) is 22.9. The Morgan fingerprint density at radius 3 is 2.62 bits per heavy atom. The Morgan fingerprint density at radius 2 is 1.94 bits per heavy atom. The minimum atomic E-state index is -0.781. The van der Waals surface area contributed by atoms with E-state index in [2.05, 4.69) is 22.1 Å². The highest BCUT2D eigenvalue weighted by Crippen LogP contribution is 2.26. The number of aromatic nitrogens is 3. The molecule has 32 heavy (non-hydrogen) atoms. The van der Waals surface area contributed by atoms with Gasteiger partial charge in [-0.15, -0.1) is 16.8 Å². The molecule has 3 rings (SSSR count). The second-order valence-electron chi connectivity index (χ2n) is 6.30. The van der Waals surface area contributed by atoms with Crippen LogP contribution in [0, 0.1) is 21.7 Å². The van der Waals surface area contributed by atoms with Gasteiger partial charge in [0.25, 0.3) is 5.69 Å². The molecule has 12 heteroatoms. The van der Waals surface area contributed by atoms with E-state index in [9.17, 15) is 23.7 Å². The van der Waals surface area contributed by atoms with E-state index < -0.39 is 22.3 Å². The van der Waals surface area contributed by atoms with Gasteiger partial charge in [0.2, 0.25) is 5.91 Å². The van der Waals surface area contributed by atoms with E-state index in [1.54, 1.807) is 10.6 Å². The first-order valence-electron chi connectivity index (χ1n) is 9.15. The Balaban J connectivity index is 1.64. The maximum Gasteiger partial charge on any atom is 0.295 e. The zero-order valence-corrected chi connectivity index (χ0v) is 17.3. The molecule has 0 fully saturated rings. The molecule has 0 spiro atoms. The van der Waals surface area contributed by atoms with Crippen molar-refractivity contribution in [2.75, 3.05) is 11.1 Å². The van der Waals surface area contributed by atoms with Crippen molar-refractivity contribution in [3.05, 3.63) is 82.7 Å². The van der Waals surface area contributed by atoms with Gasteiger partial charge in [0.1, 0.15) is 29.7 Å². The van der Waals surface area contributed by atoms with Crippen LogP contribution in [0.1, 0.15) is 5.82 Å². The molecule has 1 aromatic heterocycles. The third-order valence-corrected chi connectivity index (χ3v) is 5.02. The Morgan fingerprint density at radius 1 is 1.22 bits per heavy atom. The predicted octanol–water partition coefficient (Wildman–Crippen LogP) is 3.96. The van der Waals surface area contributed by atoms with Crippen LogP contribution < -0.4 is 10.1 Å². The number of nitro benzene ring substituents is 1. The average molecular weight is 461 g/mol. The third-order valence-electron chi connectivity index (χ3n) is 4.05. The van der Waals surface area contributed by atoms with Crippen LogP contribution in [0.15, 0.2) is 60.3 Å². The minimum absolute atomic E-state index is 0.0566. The Hall–Kier alpha value is -3.80. The standard InChI is InChI=1S/C20H17F2N5O4S/c1-2-9-26-18(11-31-15-6-3-13(21)4-7-15)24-25-20(26)32-12-19(28)23-16-8-5-14(22)10-17(16)27(29)30/h2-8,10H,1,9,11-12H2,(H,23,28). The van der Waals surface area contributed by atoms with E-state index >= 15 is 0 Å². The largest absolute Gasteiger partial charge is 0.486 e. The van der Waals surface area contributed by atoms with Gasteiger partial charge in [-0.05, 0) is 36.4 Å². The van der Waals surface area contributed by atoms with Crippen LogP contribution in [0.2, 0.25) is 0 Å². The fourth-order valence-electron chi connectivity index (χ4n) is 2.60. The number of nitrogens with one attached hydrogen (secondary N) is 1. The molecule has 0 saturated heterocycles. The molecule has 0 atom stereocenters. The van der Waals surface area contributed by atoms with E-state index in [0.717, 1.165) is 30.0 Å². The summed E-state index contributed by atoms with van der Waals surface area (Å²) in [6, 6.07) is 8.39. The van der Waals surface area contributed by atoms with Crippen molar-refractivity contribution in [2.45, 2.75) is 18.3 Å². The summed E-state index contributed by atoms with van der Waals surface area (Å²) < 4.78 is 33.5. The molecular formula is C20H17F2N5O4S. The number of thioether (sulfide) groups is 1. The van der Waals surface area contributed by atoms with Crippen molar-refractivity contribution in [1.29, 1.82) is 0 Å². The summed E-state index contributed by atoms with van der Waals surface area (Å²) in [5.74, 6) is -0.905. The molecule has 0 saturated carbocycles. The summed E-state index contributed by atoms with van der Waals surface area (Å²) in [4.78, 5) is 22.6. The third kappa shape index (κ3) is 5.88. The average Bonchev–Trinajstić information content (AvgIpc) is 3.15. The molecule has 0 bridgehead atoms. The number of halogens is 2. The van der Waals surface area contributed by atoms with E-state index in [1.807, 2.05) is 0 Å². The normalized spacial score (nSPS) is 10.6. The zero-order valence-electron chi connectivity index (χ0n) is 16.5. The highest BCUT2D eigenvalue weighted by molar-refractivity contribution is 7.99. The number of hydrogen-bond acceptors (Lipinski definition) is 7. The van der Waals surface area contributed by atoms with Gasteiger partial charge in [-0.1, -0.05) is 17.8 Å². The summed E-state index contributed by atoms with van der Waals surface area (Å²) in [5, 5.41) is 22.0. The van der Waals surface area contributed by atoms with E-state index in [4.69, 9.17) is 4.74 Å². The lowest BCUT2D eigenvalue weighted by molar-refractivity contribution is -0.384. The number of allylic oxidation sites excluding steroid dienone is 1. The Kier molecular flexibility index (Phi) is 7.49. The van der Waals surface area contributed by atoms with E-state index in [1.165, 1.54) is 24.3 Å². The molecule has 0 unspecified atom stereocenters. The van der Waals surface area contributed by atoms with Gasteiger partial charge < -0.3 is 10.1 Å². The Labute approximate surface area is 185 Å². The van der Waals surface area contributed by atoms with Crippen LogP contribution in [0.25, 0.3) is 0 Å². The van der Waals surface area contributed by atoms with Crippen LogP contribution in [0.5, 0.6) is 5.75 Å². The number of carbonyl (C=O) groups is 1. The van der Waals surface area contributed by atoms with Gasteiger partial charge >= 0.3 is 0 Å². The molecule has 1 amide bonds. The van der Waals surface area contributed by atoms with Gasteiger partial charge in [0.15, 0.2) is 11.0 Å². The van der Waals surface area contributed by atoms with Crippen LogP contribution in [0.4, 0.5) is 20.2 Å². The maximum absolute atomic E-state index is 13.2. The number of anilines is 1. The first-order chi connectivity index (χ1) is 15.4. The van der Waals surface area contributed by atoms with Crippen molar-refractivity contribution in [2.24, 2.45) is 0 Å². The summed E-state index contributed by atoms with van der Waals surface area (Å²) in [7, 11) is 0. The van der Waals surface area contributed by atoms with Crippen LogP contribution in [-0.2, 0) is 17.9 Å². The number of nitro groups is 1. The lowest BCUT2D eigenvalue weighted by Gasteiger charge is -2.09. The van der Waals surface area contributed by atoms with Gasteiger partial charge in [-0.3, -0.25) is 19.5 Å². The second kappa shape index (κ2) is 10.5. The molecule has 166 valence electrons. The van der Waals surface area contributed by atoms with Crippen LogP contribution in [-0.4, -0.2) is 31.3 Å². The lowest BCUT2D eigenvalue weighted by atomic mass is 10.2. The monoisotopic (exact) mass is 461 g/mol. The van der Waals surface area contributed by atoms with E-state index in [-0.39, 0.29) is 23.9 Å². The SMILES string of the molecule is C=CCn1c(COc2ccc(F)cc2)nnc1SCC(=O)Nc1ccc(F)cc1[N+](=O)[O-]. The molecule has 0 aliphatic heterocycles. The minimum Gasteiger partial charge on any atom is -0.486 e. The number of benzene rings is 2. The van der Waals surface area contributed by atoms with Crippen molar-refractivity contribution in [3.8, 4) is 5.75 Å². The van der Waals surface area contributed by atoms with Gasteiger partial charge in [-0.25, -0.2) is 8.78 Å². The molecule has 3 aromatic rings. The molecule has 0 aliphatic carbocycles. The molecule has 0 aliphatic rings.